The summed E-state index contributed by atoms with van der Waals surface area (Å²) < 4.78 is 54.9. The Morgan fingerprint density at radius 2 is 1.79 bits per heavy atom. The van der Waals surface area contributed by atoms with Gasteiger partial charge in [-0.2, -0.15) is 8.78 Å². The Kier molecular flexibility index (Phi) is 6.18. The summed E-state index contributed by atoms with van der Waals surface area (Å²) in [5.41, 5.74) is 0.790. The van der Waals surface area contributed by atoms with Crippen molar-refractivity contribution in [2.75, 3.05) is 4.72 Å². The highest BCUT2D eigenvalue weighted by molar-refractivity contribution is 8.03. The molecule has 0 aliphatic rings. The monoisotopic (exact) mass is 372 g/mol. The van der Waals surface area contributed by atoms with E-state index in [4.69, 9.17) is 5.14 Å². The minimum Gasteiger partial charge on any atom is -0.434 e. The molecule has 0 aliphatic carbocycles. The summed E-state index contributed by atoms with van der Waals surface area (Å²) in [7, 11) is -3.85. The van der Waals surface area contributed by atoms with Gasteiger partial charge < -0.3 is 9.46 Å². The largest absolute Gasteiger partial charge is 0.434 e. The summed E-state index contributed by atoms with van der Waals surface area (Å²) in [6.45, 7) is -2.91. The number of hydrogen-bond acceptors (Lipinski definition) is 5. The number of rotatable bonds is 7. The highest BCUT2D eigenvalue weighted by Crippen LogP contribution is 2.25. The molecule has 0 heterocycles. The van der Waals surface area contributed by atoms with Gasteiger partial charge in [-0.05, 0) is 41.6 Å². The van der Waals surface area contributed by atoms with Crippen LogP contribution in [0.15, 0.2) is 58.8 Å². The molecule has 0 saturated carbocycles. The van der Waals surface area contributed by atoms with E-state index < -0.39 is 16.6 Å². The Morgan fingerprint density at radius 1 is 1.12 bits per heavy atom. The molecule has 0 saturated heterocycles. The summed E-state index contributed by atoms with van der Waals surface area (Å²) in [6.07, 6.45) is 1.56. The maximum Gasteiger partial charge on any atom is 0.387 e. The Hall–Kier alpha value is -2.10. The van der Waals surface area contributed by atoms with Gasteiger partial charge in [-0.15, -0.1) is 0 Å². The van der Waals surface area contributed by atoms with Crippen LogP contribution in [-0.4, -0.2) is 15.0 Å². The second-order valence-corrected chi connectivity index (χ2v) is 6.72. The molecule has 128 valence electrons. The number of hydrogen-bond donors (Lipinski definition) is 2. The fraction of sp³-hybridized carbons (Fsp3) is 0.0667. The van der Waals surface area contributed by atoms with Crippen LogP contribution in [0.25, 0.3) is 6.08 Å². The number of para-hydroxylation sites is 2. The summed E-state index contributed by atoms with van der Waals surface area (Å²) >= 11 is 1.07. The van der Waals surface area contributed by atoms with Gasteiger partial charge in [0, 0.05) is 5.56 Å². The third kappa shape index (κ3) is 5.22. The fourth-order valence-electron chi connectivity index (χ4n) is 1.83. The van der Waals surface area contributed by atoms with Crippen LogP contribution < -0.4 is 14.6 Å². The lowest BCUT2D eigenvalue weighted by Crippen LogP contribution is -2.13. The van der Waals surface area contributed by atoms with E-state index >= 15 is 0 Å². The van der Waals surface area contributed by atoms with Crippen LogP contribution in [0.2, 0.25) is 0 Å². The molecule has 24 heavy (non-hydrogen) atoms. The van der Waals surface area contributed by atoms with Gasteiger partial charge in [0.1, 0.15) is 10.6 Å². The van der Waals surface area contributed by atoms with Crippen LogP contribution in [0.1, 0.15) is 5.56 Å². The first-order valence-electron chi connectivity index (χ1n) is 6.62. The highest BCUT2D eigenvalue weighted by Gasteiger charge is 2.12. The Balaban J connectivity index is 2.07. The van der Waals surface area contributed by atoms with Crippen LogP contribution in [0.3, 0.4) is 0 Å². The molecule has 0 bridgehead atoms. The quantitative estimate of drug-likeness (QED) is 0.725. The van der Waals surface area contributed by atoms with E-state index in [1.807, 2.05) is 0 Å². The first-order chi connectivity index (χ1) is 11.4. The van der Waals surface area contributed by atoms with Crippen LogP contribution in [0.4, 0.5) is 14.5 Å². The molecule has 2 rings (SSSR count). The number of halogens is 2. The van der Waals surface area contributed by atoms with Crippen molar-refractivity contribution < 1.29 is 21.9 Å². The van der Waals surface area contributed by atoms with Crippen LogP contribution >= 0.6 is 11.9 Å². The normalized spacial score (nSPS) is 11.8. The van der Waals surface area contributed by atoms with Gasteiger partial charge in [0.15, 0.2) is 0 Å². The maximum absolute atomic E-state index is 12.3. The number of nitrogens with one attached hydrogen (secondary N) is 1. The molecule has 5 nitrogen and oxygen atoms in total. The van der Waals surface area contributed by atoms with Crippen molar-refractivity contribution in [3.8, 4) is 5.75 Å². The lowest BCUT2D eigenvalue weighted by atomic mass is 10.2. The molecule has 2 aromatic rings. The van der Waals surface area contributed by atoms with Gasteiger partial charge in [0.2, 0.25) is 10.0 Å². The van der Waals surface area contributed by atoms with E-state index in [-0.39, 0.29) is 10.6 Å². The van der Waals surface area contributed by atoms with E-state index in [0.717, 1.165) is 11.9 Å². The molecule has 0 radical (unpaired) electrons. The van der Waals surface area contributed by atoms with Gasteiger partial charge in [-0.1, -0.05) is 30.3 Å². The minimum atomic E-state index is -3.85. The molecule has 0 aliphatic heterocycles. The van der Waals surface area contributed by atoms with Crippen molar-refractivity contribution in [1.29, 1.82) is 0 Å². The van der Waals surface area contributed by atoms with E-state index in [1.54, 1.807) is 47.9 Å². The SMILES string of the molecule is NS(=O)(=O)c1ccccc1NS/C=C/c1ccccc1OC(F)F. The predicted molar refractivity (Wildman–Crippen MR) is 91.1 cm³/mol. The molecule has 0 spiro atoms. The van der Waals surface area contributed by atoms with E-state index in [9.17, 15) is 17.2 Å². The zero-order valence-electron chi connectivity index (χ0n) is 12.2. The third-order valence-corrected chi connectivity index (χ3v) is 4.39. The van der Waals surface area contributed by atoms with Crippen LogP contribution in [0, 0.1) is 0 Å². The standard InChI is InChI=1S/C15H14F2N2O3S2/c16-15(17)22-13-7-3-1-5-11(13)9-10-23-19-12-6-2-4-8-14(12)24(18,20)21/h1-10,15,19H,(H2,18,20,21)/b10-9+. The maximum atomic E-state index is 12.3. The number of benzene rings is 2. The number of ether oxygens (including phenoxy) is 1. The van der Waals surface area contributed by atoms with Gasteiger partial charge >= 0.3 is 6.61 Å². The molecule has 0 fully saturated rings. The summed E-state index contributed by atoms with van der Waals surface area (Å²) in [5, 5.41) is 6.71. The fourth-order valence-corrected chi connectivity index (χ4v) is 3.17. The topological polar surface area (TPSA) is 81.4 Å². The molecular formula is C15H14F2N2O3S2. The second-order valence-electron chi connectivity index (χ2n) is 4.48. The average molecular weight is 372 g/mol. The van der Waals surface area contributed by atoms with Crippen LogP contribution in [0.5, 0.6) is 5.75 Å². The van der Waals surface area contributed by atoms with E-state index in [2.05, 4.69) is 9.46 Å². The molecule has 3 N–H and O–H groups in total. The molecule has 0 amide bonds. The average Bonchev–Trinajstić information content (AvgIpc) is 2.52. The zero-order chi connectivity index (χ0) is 17.6. The lowest BCUT2D eigenvalue weighted by Gasteiger charge is -2.08. The minimum absolute atomic E-state index is 0.0349. The predicted octanol–water partition coefficient (Wildman–Crippen LogP) is 3.67. The summed E-state index contributed by atoms with van der Waals surface area (Å²) in [6, 6.07) is 12.5. The first kappa shape index (κ1) is 18.2. The molecule has 0 aromatic heterocycles. The van der Waals surface area contributed by atoms with Crippen molar-refractivity contribution >= 4 is 33.7 Å². The lowest BCUT2D eigenvalue weighted by molar-refractivity contribution is -0.0499. The highest BCUT2D eigenvalue weighted by atomic mass is 32.2. The molecule has 2 aromatic carbocycles. The van der Waals surface area contributed by atoms with Gasteiger partial charge in [0.25, 0.3) is 0 Å². The number of primary sulfonamides is 1. The second kappa shape index (κ2) is 8.13. The van der Waals surface area contributed by atoms with Crippen LogP contribution in [-0.2, 0) is 10.0 Å². The number of anilines is 1. The van der Waals surface area contributed by atoms with Crippen molar-refractivity contribution in [2.24, 2.45) is 5.14 Å². The Labute approximate surface area is 142 Å². The first-order valence-corrected chi connectivity index (χ1v) is 9.04. The van der Waals surface area contributed by atoms with Crippen molar-refractivity contribution in [1.82, 2.24) is 0 Å². The Morgan fingerprint density at radius 3 is 2.50 bits per heavy atom. The smallest absolute Gasteiger partial charge is 0.387 e. The number of sulfonamides is 1. The molecule has 0 atom stereocenters. The van der Waals surface area contributed by atoms with Crippen molar-refractivity contribution in [2.45, 2.75) is 11.5 Å². The van der Waals surface area contributed by atoms with Gasteiger partial charge in [0.05, 0.1) is 5.69 Å². The number of alkyl halides is 2. The molecular weight excluding hydrogens is 358 g/mol. The van der Waals surface area contributed by atoms with Crippen molar-refractivity contribution in [3.63, 3.8) is 0 Å². The van der Waals surface area contributed by atoms with Crippen molar-refractivity contribution in [3.05, 3.63) is 59.5 Å². The Bertz CT molecular complexity index is 827. The summed E-state index contributed by atoms with van der Waals surface area (Å²) in [5.74, 6) is 0.0503. The van der Waals surface area contributed by atoms with E-state index in [0.29, 0.717) is 11.3 Å². The third-order valence-electron chi connectivity index (χ3n) is 2.81. The number of nitrogens with two attached hydrogens (primary N) is 1. The molecule has 9 heteroatoms. The van der Waals surface area contributed by atoms with Gasteiger partial charge in [-0.25, -0.2) is 13.6 Å². The van der Waals surface area contributed by atoms with Gasteiger partial charge in [-0.3, -0.25) is 0 Å². The summed E-state index contributed by atoms with van der Waals surface area (Å²) in [4.78, 5) is -0.0349. The zero-order valence-corrected chi connectivity index (χ0v) is 13.9. The van der Waals surface area contributed by atoms with E-state index in [1.165, 1.54) is 12.1 Å². The molecule has 0 unspecified atom stereocenters.